The average molecular weight is 644 g/mol. The van der Waals surface area contributed by atoms with Crippen LogP contribution in [0.3, 0.4) is 0 Å². The first-order valence-electron chi connectivity index (χ1n) is 11.4. The van der Waals surface area contributed by atoms with Gasteiger partial charge >= 0.3 is 4.87 Å². The summed E-state index contributed by atoms with van der Waals surface area (Å²) in [6.45, 7) is 17.1. The van der Waals surface area contributed by atoms with E-state index in [9.17, 15) is 9.59 Å². The monoisotopic (exact) mass is 643 g/mol. The molecule has 0 unspecified atom stereocenters. The predicted molar refractivity (Wildman–Crippen MR) is 161 cm³/mol. The zero-order valence-corrected chi connectivity index (χ0v) is 28.0. The van der Waals surface area contributed by atoms with Crippen molar-refractivity contribution in [2.75, 3.05) is 32.2 Å². The van der Waals surface area contributed by atoms with Crippen LogP contribution in [0.2, 0.25) is 0 Å². The Morgan fingerprint density at radius 1 is 0.972 bits per heavy atom. The Morgan fingerprint density at radius 3 is 1.86 bits per heavy atom. The van der Waals surface area contributed by atoms with Crippen LogP contribution in [0.4, 0.5) is 0 Å². The molecule has 17 heteroatoms. The van der Waals surface area contributed by atoms with Gasteiger partial charge in [-0.2, -0.15) is 0 Å². The largest absolute Gasteiger partial charge is 0.466 e. The Balaban J connectivity index is 0.000000700. The number of nitrogens with zero attached hydrogens (tertiary/aromatic N) is 2. The van der Waals surface area contributed by atoms with E-state index in [1.807, 2.05) is 55.4 Å². The summed E-state index contributed by atoms with van der Waals surface area (Å²) in [6, 6.07) is 0.144. The first-order chi connectivity index (χ1) is 16.8. The molecular weight excluding hydrogens is 605 g/mol. The first-order valence-corrected chi connectivity index (χ1v) is 20.7. The molecule has 0 bridgehead atoms. The van der Waals surface area contributed by atoms with Crippen LogP contribution in [0.5, 0.6) is 5.19 Å². The van der Waals surface area contributed by atoms with E-state index >= 15 is 0 Å². The minimum Gasteiger partial charge on any atom is -0.466 e. The molecule has 0 spiro atoms. The molecule has 36 heavy (non-hydrogen) atoms. The van der Waals surface area contributed by atoms with E-state index in [0.29, 0.717) is 37.5 Å². The molecule has 1 rings (SSSR count). The number of rotatable bonds is 17. The van der Waals surface area contributed by atoms with Crippen molar-refractivity contribution in [3.63, 3.8) is 0 Å². The Kier molecular flexibility index (Phi) is 19.8. The summed E-state index contributed by atoms with van der Waals surface area (Å²) in [5, 5.41) is 7.28. The fraction of sp³-hybridized carbons (Fsp3) is 0.842. The highest BCUT2D eigenvalue weighted by atomic mass is 32.9. The van der Waals surface area contributed by atoms with Crippen molar-refractivity contribution in [2.24, 2.45) is 0 Å². The van der Waals surface area contributed by atoms with Crippen LogP contribution in [-0.4, -0.2) is 60.0 Å². The number of carbonyl (C=O) groups excluding carboxylic acids is 1. The lowest BCUT2D eigenvalue weighted by Crippen LogP contribution is -2.31. The number of ether oxygens (including phenoxy) is 1. The van der Waals surface area contributed by atoms with E-state index in [-0.39, 0.29) is 28.7 Å². The van der Waals surface area contributed by atoms with Crippen LogP contribution in [0.15, 0.2) is 4.79 Å². The second-order valence-corrected chi connectivity index (χ2v) is 20.6. The number of carbonyl (C=O) groups is 1. The maximum atomic E-state index is 11.8. The summed E-state index contributed by atoms with van der Waals surface area (Å²) in [5.41, 5.74) is -4.74. The lowest BCUT2D eigenvalue weighted by atomic mass is 10.4. The van der Waals surface area contributed by atoms with Gasteiger partial charge in [0.1, 0.15) is 5.88 Å². The molecule has 0 aliphatic carbocycles. The molecule has 0 aliphatic rings. The lowest BCUT2D eigenvalue weighted by Gasteiger charge is -2.19. The van der Waals surface area contributed by atoms with E-state index < -0.39 is 11.4 Å². The SMILES string of the molecule is CCOP(=S)(OCC)SCC(=O)NC(C)C.CCOP(=S)(OCC)SCn1nc(OC(C)C)sc1=O. The van der Waals surface area contributed by atoms with Crippen molar-refractivity contribution in [1.82, 2.24) is 15.1 Å². The second kappa shape index (κ2) is 19.5. The van der Waals surface area contributed by atoms with Crippen molar-refractivity contribution >= 4 is 75.0 Å². The maximum Gasteiger partial charge on any atom is 0.329 e. The molecule has 0 aromatic carbocycles. The summed E-state index contributed by atoms with van der Waals surface area (Å²) in [6.07, 6.45) is -0.0148. The molecule has 0 saturated carbocycles. The van der Waals surface area contributed by atoms with Gasteiger partial charge in [-0.05, 0) is 102 Å². The fourth-order valence-electron chi connectivity index (χ4n) is 2.10. The minimum absolute atomic E-state index is 0.0148. The van der Waals surface area contributed by atoms with Gasteiger partial charge in [0.25, 0.3) is 5.19 Å². The van der Waals surface area contributed by atoms with Crippen LogP contribution < -0.4 is 14.9 Å². The second-order valence-electron chi connectivity index (χ2n) is 7.12. The van der Waals surface area contributed by atoms with E-state index in [2.05, 4.69) is 10.4 Å². The molecule has 0 fully saturated rings. The summed E-state index contributed by atoms with van der Waals surface area (Å²) in [7, 11) is 0. The summed E-state index contributed by atoms with van der Waals surface area (Å²) in [4.78, 5) is 23.0. The van der Waals surface area contributed by atoms with Gasteiger partial charge in [0.05, 0.1) is 38.3 Å². The first kappa shape index (κ1) is 36.5. The maximum absolute atomic E-state index is 11.8. The molecule has 1 N–H and O–H groups in total. The van der Waals surface area contributed by atoms with Crippen molar-refractivity contribution in [3.05, 3.63) is 9.67 Å². The summed E-state index contributed by atoms with van der Waals surface area (Å²) < 4.78 is 28.5. The molecule has 1 aromatic heterocycles. The van der Waals surface area contributed by atoms with Crippen LogP contribution in [0.25, 0.3) is 0 Å². The van der Waals surface area contributed by atoms with E-state index in [1.54, 1.807) is 0 Å². The molecule has 1 amide bonds. The molecule has 0 radical (unpaired) electrons. The van der Waals surface area contributed by atoms with Gasteiger partial charge in [-0.1, -0.05) is 11.4 Å². The Bertz CT molecular complexity index is 894. The van der Waals surface area contributed by atoms with E-state index in [4.69, 9.17) is 46.4 Å². The van der Waals surface area contributed by atoms with Crippen molar-refractivity contribution in [3.8, 4) is 5.19 Å². The molecule has 1 heterocycles. The number of hydrogen-bond donors (Lipinski definition) is 1. The molecule has 0 atom stereocenters. The molecule has 0 saturated heterocycles. The van der Waals surface area contributed by atoms with Gasteiger partial charge in [0.15, 0.2) is 0 Å². The fourth-order valence-corrected chi connectivity index (χ4v) is 11.3. The molecule has 0 aliphatic heterocycles. The third-order valence-electron chi connectivity index (χ3n) is 3.21. The Morgan fingerprint density at radius 2 is 1.44 bits per heavy atom. The normalized spacial score (nSPS) is 11.9. The summed E-state index contributed by atoms with van der Waals surface area (Å²) in [5.74, 6) is 0.553. The zero-order chi connectivity index (χ0) is 27.8. The van der Waals surface area contributed by atoms with Gasteiger partial charge < -0.3 is 28.1 Å². The minimum atomic E-state index is -2.41. The van der Waals surface area contributed by atoms with Gasteiger partial charge in [-0.15, -0.1) is 5.10 Å². The number of aromatic nitrogens is 2. The summed E-state index contributed by atoms with van der Waals surface area (Å²) >= 11 is 14.2. The standard InChI is InChI=1S/C10H19N2O4PS3.C9H20NO3PS2/c1-5-14-17(18,15-6-2)19-7-12-10(13)20-9(11-12)16-8(3)4;1-5-12-14(15,13-6-2)16-7-9(11)10-8(3)4/h8H,5-7H2,1-4H3;8H,5-7H2,1-4H3,(H,10,11). The smallest absolute Gasteiger partial charge is 0.329 e. The lowest BCUT2D eigenvalue weighted by molar-refractivity contribution is -0.119. The van der Waals surface area contributed by atoms with Gasteiger partial charge in [-0.25, -0.2) is 4.68 Å². The van der Waals surface area contributed by atoms with Crippen LogP contribution in [-0.2, 0) is 52.4 Å². The number of hydrogen-bond acceptors (Lipinski definition) is 13. The average Bonchev–Trinajstić information content (AvgIpc) is 3.10. The zero-order valence-electron chi connectivity index (χ0n) is 22.1. The van der Waals surface area contributed by atoms with E-state index in [0.717, 1.165) is 11.3 Å². The number of amides is 1. The third kappa shape index (κ3) is 16.4. The molecule has 1 aromatic rings. The third-order valence-corrected chi connectivity index (χ3v) is 14.7. The molecule has 212 valence electrons. The quantitative estimate of drug-likeness (QED) is 0.213. The highest BCUT2D eigenvalue weighted by Gasteiger charge is 2.21. The van der Waals surface area contributed by atoms with Crippen molar-refractivity contribution in [1.29, 1.82) is 0 Å². The molecule has 10 nitrogen and oxygen atoms in total. The van der Waals surface area contributed by atoms with Crippen molar-refractivity contribution < 1.29 is 27.6 Å². The van der Waals surface area contributed by atoms with Crippen LogP contribution >= 0.6 is 45.5 Å². The Labute approximate surface area is 237 Å². The van der Waals surface area contributed by atoms with Gasteiger partial charge in [0, 0.05) is 6.04 Å². The van der Waals surface area contributed by atoms with Crippen molar-refractivity contribution in [2.45, 2.75) is 73.4 Å². The highest BCUT2D eigenvalue weighted by Crippen LogP contribution is 2.61. The Hall–Kier alpha value is 0.470. The highest BCUT2D eigenvalue weighted by molar-refractivity contribution is 8.68. The van der Waals surface area contributed by atoms with Crippen LogP contribution in [0.1, 0.15) is 55.4 Å². The van der Waals surface area contributed by atoms with E-state index in [1.165, 1.54) is 27.4 Å². The number of nitrogens with one attached hydrogen (secondary N) is 1. The van der Waals surface area contributed by atoms with Gasteiger partial charge in [-0.3, -0.25) is 9.59 Å². The predicted octanol–water partition coefficient (Wildman–Crippen LogP) is 5.62. The topological polar surface area (TPSA) is 110 Å². The van der Waals surface area contributed by atoms with Crippen LogP contribution in [0, 0.1) is 0 Å². The molecular formula is C19H39N3O7P2S5. The van der Waals surface area contributed by atoms with Gasteiger partial charge in [0.2, 0.25) is 17.3 Å².